The molecule has 2 fully saturated rings. The number of rotatable bonds is 7. The van der Waals surface area contributed by atoms with Crippen LogP contribution in [-0.4, -0.2) is 71.4 Å². The van der Waals surface area contributed by atoms with Crippen LogP contribution in [0.5, 0.6) is 0 Å². The van der Waals surface area contributed by atoms with Crippen molar-refractivity contribution in [1.29, 1.82) is 0 Å². The fourth-order valence-corrected chi connectivity index (χ4v) is 4.54. The van der Waals surface area contributed by atoms with Crippen LogP contribution in [0.15, 0.2) is 48.5 Å². The summed E-state index contributed by atoms with van der Waals surface area (Å²) in [4.78, 5) is 44.3. The van der Waals surface area contributed by atoms with Gasteiger partial charge in [0.15, 0.2) is 12.1 Å². The molecule has 1 N–H and O–H groups in total. The van der Waals surface area contributed by atoms with Gasteiger partial charge < -0.3 is 19.9 Å². The molecule has 0 aliphatic carbocycles. The lowest BCUT2D eigenvalue weighted by Gasteiger charge is -2.37. The van der Waals surface area contributed by atoms with Gasteiger partial charge in [-0.1, -0.05) is 45.0 Å². The fraction of sp³-hybridized carbons (Fsp3) is 0.444. The van der Waals surface area contributed by atoms with Crippen LogP contribution in [0, 0.1) is 11.7 Å². The Kier molecular flexibility index (Phi) is 7.88. The summed E-state index contributed by atoms with van der Waals surface area (Å²) >= 11 is 0. The van der Waals surface area contributed by atoms with Crippen molar-refractivity contribution in [3.8, 4) is 0 Å². The highest BCUT2D eigenvalue weighted by atomic mass is 19.1. The predicted octanol–water partition coefficient (Wildman–Crippen LogP) is 3.65. The Morgan fingerprint density at radius 2 is 1.78 bits per heavy atom. The molecule has 2 aliphatic rings. The SMILES string of the molecule is CCN1CCN(C(=O)C2C(c3ccc(NC(=O)C(C)C)cc3)OC(=O)N2Cc2cccc(F)c2)CC1. The topological polar surface area (TPSA) is 82.2 Å². The predicted molar refractivity (Wildman–Crippen MR) is 134 cm³/mol. The van der Waals surface area contributed by atoms with Gasteiger partial charge in [0.2, 0.25) is 11.8 Å². The Morgan fingerprint density at radius 1 is 1.08 bits per heavy atom. The van der Waals surface area contributed by atoms with Crippen molar-refractivity contribution in [2.75, 3.05) is 38.0 Å². The lowest BCUT2D eigenvalue weighted by molar-refractivity contribution is -0.138. The number of nitrogens with zero attached hydrogens (tertiary/aromatic N) is 3. The third kappa shape index (κ3) is 5.67. The van der Waals surface area contributed by atoms with Gasteiger partial charge in [-0.05, 0) is 41.9 Å². The summed E-state index contributed by atoms with van der Waals surface area (Å²) in [6, 6.07) is 12.1. The van der Waals surface area contributed by atoms with Crippen LogP contribution in [0.4, 0.5) is 14.9 Å². The summed E-state index contributed by atoms with van der Waals surface area (Å²) in [6.07, 6.45) is -1.44. The number of cyclic esters (lactones) is 1. The number of ether oxygens (including phenoxy) is 1. The number of hydrogen-bond donors (Lipinski definition) is 1. The number of piperazine rings is 1. The van der Waals surface area contributed by atoms with Gasteiger partial charge in [0, 0.05) is 37.8 Å². The van der Waals surface area contributed by atoms with E-state index in [0.717, 1.165) is 19.6 Å². The van der Waals surface area contributed by atoms with Crippen LogP contribution in [0.2, 0.25) is 0 Å². The van der Waals surface area contributed by atoms with Crippen LogP contribution in [0.1, 0.15) is 38.0 Å². The van der Waals surface area contributed by atoms with Crippen molar-refractivity contribution >= 4 is 23.6 Å². The lowest BCUT2D eigenvalue weighted by atomic mass is 9.99. The van der Waals surface area contributed by atoms with E-state index in [-0.39, 0.29) is 24.3 Å². The molecule has 0 saturated carbocycles. The molecule has 0 radical (unpaired) electrons. The zero-order valence-electron chi connectivity index (χ0n) is 20.9. The number of benzene rings is 2. The quantitative estimate of drug-likeness (QED) is 0.633. The summed E-state index contributed by atoms with van der Waals surface area (Å²) in [7, 11) is 0. The maximum absolute atomic E-state index is 13.8. The maximum atomic E-state index is 13.8. The third-order valence-corrected chi connectivity index (χ3v) is 6.74. The van der Waals surface area contributed by atoms with Gasteiger partial charge in [0.25, 0.3) is 0 Å². The summed E-state index contributed by atoms with van der Waals surface area (Å²) in [6.45, 7) is 9.35. The molecular weight excluding hydrogens is 463 g/mol. The summed E-state index contributed by atoms with van der Waals surface area (Å²) in [5, 5.41) is 2.84. The van der Waals surface area contributed by atoms with E-state index in [9.17, 15) is 18.8 Å². The van der Waals surface area contributed by atoms with Gasteiger partial charge in [-0.25, -0.2) is 9.18 Å². The van der Waals surface area contributed by atoms with E-state index in [0.29, 0.717) is 29.9 Å². The average Bonchev–Trinajstić information content (AvgIpc) is 3.19. The van der Waals surface area contributed by atoms with Crippen molar-refractivity contribution in [3.63, 3.8) is 0 Å². The maximum Gasteiger partial charge on any atom is 0.411 e. The largest absolute Gasteiger partial charge is 0.438 e. The van der Waals surface area contributed by atoms with Crippen LogP contribution in [0.25, 0.3) is 0 Å². The molecule has 2 heterocycles. The molecule has 2 saturated heterocycles. The van der Waals surface area contributed by atoms with Crippen molar-refractivity contribution in [2.24, 2.45) is 5.92 Å². The summed E-state index contributed by atoms with van der Waals surface area (Å²) < 4.78 is 19.6. The first-order valence-corrected chi connectivity index (χ1v) is 12.4. The Bertz CT molecular complexity index is 1100. The molecule has 2 aromatic rings. The van der Waals surface area contributed by atoms with Crippen LogP contribution in [-0.2, 0) is 20.9 Å². The summed E-state index contributed by atoms with van der Waals surface area (Å²) in [5.74, 6) is -0.855. The number of hydrogen-bond acceptors (Lipinski definition) is 5. The van der Waals surface area contributed by atoms with Crippen molar-refractivity contribution in [3.05, 3.63) is 65.5 Å². The standard InChI is InChI=1S/C27H33FN4O4/c1-4-30-12-14-31(15-13-30)26(34)23-24(20-8-10-22(11-9-20)29-25(33)18(2)3)36-27(35)32(23)17-19-6-5-7-21(28)16-19/h5-11,16,18,23-24H,4,12-15,17H2,1-3H3,(H,29,33). The smallest absolute Gasteiger partial charge is 0.411 e. The molecule has 0 spiro atoms. The third-order valence-electron chi connectivity index (χ3n) is 6.74. The summed E-state index contributed by atoms with van der Waals surface area (Å²) in [5.41, 5.74) is 1.85. The first-order valence-electron chi connectivity index (χ1n) is 12.4. The van der Waals surface area contributed by atoms with Gasteiger partial charge in [-0.15, -0.1) is 0 Å². The number of carbonyl (C=O) groups excluding carboxylic acids is 3. The number of nitrogens with one attached hydrogen (secondary N) is 1. The van der Waals surface area contributed by atoms with Gasteiger partial charge in [0.1, 0.15) is 5.82 Å². The molecule has 9 heteroatoms. The second kappa shape index (κ2) is 11.1. The second-order valence-electron chi connectivity index (χ2n) is 9.53. The van der Waals surface area contributed by atoms with Crippen LogP contribution >= 0.6 is 0 Å². The molecule has 2 unspecified atom stereocenters. The van der Waals surface area contributed by atoms with Crippen LogP contribution in [0.3, 0.4) is 0 Å². The molecule has 0 aromatic heterocycles. The molecule has 2 aliphatic heterocycles. The molecule has 192 valence electrons. The minimum Gasteiger partial charge on any atom is -0.438 e. The van der Waals surface area contributed by atoms with Gasteiger partial charge in [-0.2, -0.15) is 0 Å². The molecule has 36 heavy (non-hydrogen) atoms. The molecular formula is C27H33FN4O4. The Balaban J connectivity index is 1.60. The lowest BCUT2D eigenvalue weighted by Crippen LogP contribution is -2.54. The van der Waals surface area contributed by atoms with E-state index in [1.54, 1.807) is 41.3 Å². The van der Waals surface area contributed by atoms with E-state index >= 15 is 0 Å². The zero-order chi connectivity index (χ0) is 25.8. The molecule has 2 atom stereocenters. The zero-order valence-corrected chi connectivity index (χ0v) is 20.9. The highest BCUT2D eigenvalue weighted by molar-refractivity contribution is 5.92. The number of carbonyl (C=O) groups is 3. The number of anilines is 1. The monoisotopic (exact) mass is 496 g/mol. The normalized spacial score (nSPS) is 20.5. The average molecular weight is 497 g/mol. The van der Waals surface area contributed by atoms with Crippen molar-refractivity contribution < 1.29 is 23.5 Å². The Labute approximate surface area is 211 Å². The molecule has 8 nitrogen and oxygen atoms in total. The van der Waals surface area contributed by atoms with Gasteiger partial charge in [0.05, 0.1) is 6.54 Å². The molecule has 2 aromatic carbocycles. The van der Waals surface area contributed by atoms with Gasteiger partial charge >= 0.3 is 6.09 Å². The first kappa shape index (κ1) is 25.6. The van der Waals surface area contributed by atoms with E-state index in [2.05, 4.69) is 17.1 Å². The highest BCUT2D eigenvalue weighted by Crippen LogP contribution is 2.35. The van der Waals surface area contributed by atoms with E-state index < -0.39 is 24.1 Å². The van der Waals surface area contributed by atoms with Crippen molar-refractivity contribution in [2.45, 2.75) is 39.5 Å². The number of amides is 3. The minimum absolute atomic E-state index is 0.0565. The second-order valence-corrected chi connectivity index (χ2v) is 9.53. The Hall–Kier alpha value is -3.46. The molecule has 3 amide bonds. The molecule has 0 bridgehead atoms. The Morgan fingerprint density at radius 3 is 2.39 bits per heavy atom. The van der Waals surface area contributed by atoms with Crippen LogP contribution < -0.4 is 5.32 Å². The number of likely N-dealkylation sites (N-methyl/N-ethyl adjacent to an activating group) is 1. The van der Waals surface area contributed by atoms with E-state index in [4.69, 9.17) is 4.74 Å². The van der Waals surface area contributed by atoms with Gasteiger partial charge in [-0.3, -0.25) is 14.5 Å². The number of halogens is 1. The highest BCUT2D eigenvalue weighted by Gasteiger charge is 2.48. The first-order chi connectivity index (χ1) is 17.3. The van der Waals surface area contributed by atoms with Crippen molar-refractivity contribution in [1.82, 2.24) is 14.7 Å². The molecule has 4 rings (SSSR count). The van der Waals surface area contributed by atoms with E-state index in [1.165, 1.54) is 17.0 Å². The minimum atomic E-state index is -0.884. The van der Waals surface area contributed by atoms with E-state index in [1.807, 2.05) is 13.8 Å². The fourth-order valence-electron chi connectivity index (χ4n) is 4.54.